The number of aromatic nitrogens is 1. The fraction of sp³-hybridized carbons (Fsp3) is 0.667. The molecule has 0 radical (unpaired) electrons. The van der Waals surface area contributed by atoms with Crippen molar-refractivity contribution in [3.05, 3.63) is 28.4 Å². The largest absolute Gasteiger partial charge is 0.367 e. The molecule has 4 saturated carbocycles. The Kier molecular flexibility index (Phi) is 2.69. The quantitative estimate of drug-likeness (QED) is 0.678. The molecule has 0 saturated heterocycles. The van der Waals surface area contributed by atoms with E-state index in [0.29, 0.717) is 6.04 Å². The summed E-state index contributed by atoms with van der Waals surface area (Å²) < 4.78 is 0. The lowest BCUT2D eigenvalue weighted by Gasteiger charge is -2.54. The molecule has 4 aliphatic rings. The average Bonchev–Trinajstić information content (AvgIpc) is 2.42. The Morgan fingerprint density at radius 1 is 1.10 bits per heavy atom. The van der Waals surface area contributed by atoms with E-state index in [1.165, 1.54) is 44.4 Å². The van der Waals surface area contributed by atoms with Gasteiger partial charge in [-0.05, 0) is 61.8 Å². The first-order valence-electron chi connectivity index (χ1n) is 7.56. The van der Waals surface area contributed by atoms with Gasteiger partial charge >= 0.3 is 0 Å². The number of rotatable bonds is 3. The summed E-state index contributed by atoms with van der Waals surface area (Å²) in [5, 5.41) is 14.2. The minimum atomic E-state index is -0.403. The SMILES string of the molecule is O=[N+]([O-])c1ccc(NC2C3CC4CC(C3)CC2C4)nc1. The predicted molar refractivity (Wildman–Crippen MR) is 75.3 cm³/mol. The summed E-state index contributed by atoms with van der Waals surface area (Å²) >= 11 is 0. The first-order valence-corrected chi connectivity index (χ1v) is 7.56. The maximum absolute atomic E-state index is 10.6. The zero-order valence-electron chi connectivity index (χ0n) is 11.4. The molecule has 1 aromatic rings. The first kappa shape index (κ1) is 12.1. The molecule has 4 aliphatic carbocycles. The van der Waals surface area contributed by atoms with Crippen molar-refractivity contribution in [1.29, 1.82) is 0 Å². The van der Waals surface area contributed by atoms with Crippen LogP contribution in [0.1, 0.15) is 32.1 Å². The van der Waals surface area contributed by atoms with E-state index in [4.69, 9.17) is 0 Å². The average molecular weight is 273 g/mol. The van der Waals surface area contributed by atoms with E-state index in [0.717, 1.165) is 29.5 Å². The van der Waals surface area contributed by atoms with E-state index >= 15 is 0 Å². The maximum Gasteiger partial charge on any atom is 0.287 e. The molecule has 1 N–H and O–H groups in total. The van der Waals surface area contributed by atoms with Crippen LogP contribution in [-0.4, -0.2) is 15.9 Å². The van der Waals surface area contributed by atoms with Crippen LogP contribution in [0.25, 0.3) is 0 Å². The van der Waals surface area contributed by atoms with Gasteiger partial charge in [-0.3, -0.25) is 10.1 Å². The molecule has 5 heteroatoms. The Hall–Kier alpha value is -1.65. The lowest BCUT2D eigenvalue weighted by atomic mass is 9.54. The van der Waals surface area contributed by atoms with Crippen LogP contribution in [0.15, 0.2) is 18.3 Å². The number of hydrogen-bond donors (Lipinski definition) is 1. The van der Waals surface area contributed by atoms with E-state index in [9.17, 15) is 10.1 Å². The van der Waals surface area contributed by atoms with Gasteiger partial charge in [0.2, 0.25) is 0 Å². The third-order valence-electron chi connectivity index (χ3n) is 5.50. The van der Waals surface area contributed by atoms with Gasteiger partial charge < -0.3 is 5.32 Å². The number of nitrogens with one attached hydrogen (secondary N) is 1. The minimum Gasteiger partial charge on any atom is -0.367 e. The van der Waals surface area contributed by atoms with Gasteiger partial charge in [-0.2, -0.15) is 0 Å². The van der Waals surface area contributed by atoms with Crippen molar-refractivity contribution >= 4 is 11.5 Å². The van der Waals surface area contributed by atoms with Gasteiger partial charge in [0.25, 0.3) is 5.69 Å². The van der Waals surface area contributed by atoms with Gasteiger partial charge in [-0.15, -0.1) is 0 Å². The molecule has 5 rings (SSSR count). The van der Waals surface area contributed by atoms with Crippen LogP contribution in [0.5, 0.6) is 0 Å². The Bertz CT molecular complexity index is 500. The molecule has 0 atom stereocenters. The van der Waals surface area contributed by atoms with Crippen molar-refractivity contribution in [3.63, 3.8) is 0 Å². The molecule has 0 aliphatic heterocycles. The molecule has 1 heterocycles. The normalized spacial score (nSPS) is 37.9. The lowest BCUT2D eigenvalue weighted by molar-refractivity contribution is -0.385. The molecule has 0 aromatic carbocycles. The number of pyridine rings is 1. The Morgan fingerprint density at radius 2 is 1.75 bits per heavy atom. The van der Waals surface area contributed by atoms with Crippen LogP contribution in [0.2, 0.25) is 0 Å². The smallest absolute Gasteiger partial charge is 0.287 e. The summed E-state index contributed by atoms with van der Waals surface area (Å²) in [5.74, 6) is 4.26. The standard InChI is InChI=1S/C15H19N3O2/c19-18(20)13-1-2-14(16-8-13)17-15-11-4-9-3-10(6-11)7-12(15)5-9/h1-2,8-12,15H,3-7H2,(H,16,17). The summed E-state index contributed by atoms with van der Waals surface area (Å²) in [6.45, 7) is 0. The highest BCUT2D eigenvalue weighted by Crippen LogP contribution is 2.54. The van der Waals surface area contributed by atoms with Gasteiger partial charge in [-0.25, -0.2) is 4.98 Å². The summed E-state index contributed by atoms with van der Waals surface area (Å²) in [4.78, 5) is 14.4. The van der Waals surface area contributed by atoms with Gasteiger partial charge in [0.1, 0.15) is 12.0 Å². The predicted octanol–water partition coefficient (Wildman–Crippen LogP) is 3.23. The van der Waals surface area contributed by atoms with Crippen molar-refractivity contribution < 1.29 is 4.92 Å². The van der Waals surface area contributed by atoms with Crippen LogP contribution in [0.4, 0.5) is 11.5 Å². The summed E-state index contributed by atoms with van der Waals surface area (Å²) in [5.41, 5.74) is 0.0561. The number of hydrogen-bond acceptors (Lipinski definition) is 4. The van der Waals surface area contributed by atoms with Crippen molar-refractivity contribution in [2.24, 2.45) is 23.7 Å². The van der Waals surface area contributed by atoms with E-state index in [1.54, 1.807) is 6.07 Å². The van der Waals surface area contributed by atoms with Crippen LogP contribution < -0.4 is 5.32 Å². The molecule has 4 bridgehead atoms. The molecule has 0 unspecified atom stereocenters. The van der Waals surface area contributed by atoms with Crippen LogP contribution in [0.3, 0.4) is 0 Å². The lowest BCUT2D eigenvalue weighted by Crippen LogP contribution is -2.51. The van der Waals surface area contributed by atoms with Crippen LogP contribution in [-0.2, 0) is 0 Å². The molecule has 0 spiro atoms. The highest BCUT2D eigenvalue weighted by Gasteiger charge is 2.48. The van der Waals surface area contributed by atoms with Gasteiger partial charge in [-0.1, -0.05) is 0 Å². The van der Waals surface area contributed by atoms with Crippen molar-refractivity contribution in [3.8, 4) is 0 Å². The zero-order valence-corrected chi connectivity index (χ0v) is 11.4. The minimum absolute atomic E-state index is 0.0561. The summed E-state index contributed by atoms with van der Waals surface area (Å²) in [6, 6.07) is 3.80. The molecule has 106 valence electrons. The van der Waals surface area contributed by atoms with E-state index in [-0.39, 0.29) is 5.69 Å². The molecule has 0 amide bonds. The Labute approximate surface area is 117 Å². The molecule has 1 aromatic heterocycles. The Balaban J connectivity index is 1.50. The first-order chi connectivity index (χ1) is 9.69. The summed E-state index contributed by atoms with van der Waals surface area (Å²) in [6.07, 6.45) is 8.23. The maximum atomic E-state index is 10.6. The second-order valence-corrected chi connectivity index (χ2v) is 6.76. The molecule has 5 nitrogen and oxygen atoms in total. The molecule has 4 fully saturated rings. The van der Waals surface area contributed by atoms with E-state index in [2.05, 4.69) is 10.3 Å². The molecule has 20 heavy (non-hydrogen) atoms. The second kappa shape index (κ2) is 4.43. The highest BCUT2D eigenvalue weighted by molar-refractivity contribution is 5.41. The fourth-order valence-corrected chi connectivity index (χ4v) is 4.91. The second-order valence-electron chi connectivity index (χ2n) is 6.76. The van der Waals surface area contributed by atoms with Crippen LogP contribution in [0, 0.1) is 33.8 Å². The topological polar surface area (TPSA) is 68.1 Å². The third kappa shape index (κ3) is 1.96. The van der Waals surface area contributed by atoms with Crippen LogP contribution >= 0.6 is 0 Å². The molecular formula is C15H19N3O2. The van der Waals surface area contributed by atoms with Gasteiger partial charge in [0.15, 0.2) is 0 Å². The van der Waals surface area contributed by atoms with Gasteiger partial charge in [0.05, 0.1) is 4.92 Å². The highest BCUT2D eigenvalue weighted by atomic mass is 16.6. The summed E-state index contributed by atoms with van der Waals surface area (Å²) in [7, 11) is 0. The number of nitro groups is 1. The fourth-order valence-electron chi connectivity index (χ4n) is 4.91. The van der Waals surface area contributed by atoms with Gasteiger partial charge in [0, 0.05) is 12.1 Å². The molecular weight excluding hydrogens is 254 g/mol. The monoisotopic (exact) mass is 273 g/mol. The van der Waals surface area contributed by atoms with E-state index < -0.39 is 4.92 Å². The zero-order chi connectivity index (χ0) is 13.7. The van der Waals surface area contributed by atoms with Crippen molar-refractivity contribution in [2.75, 3.05) is 5.32 Å². The van der Waals surface area contributed by atoms with E-state index in [1.807, 2.05) is 0 Å². The number of nitrogens with zero attached hydrogens (tertiary/aromatic N) is 2. The Morgan fingerprint density at radius 3 is 2.25 bits per heavy atom. The number of anilines is 1. The van der Waals surface area contributed by atoms with Crippen molar-refractivity contribution in [2.45, 2.75) is 38.1 Å². The third-order valence-corrected chi connectivity index (χ3v) is 5.50. The van der Waals surface area contributed by atoms with Crippen molar-refractivity contribution in [1.82, 2.24) is 4.98 Å².